The topological polar surface area (TPSA) is 27.0 Å². The van der Waals surface area contributed by atoms with Crippen LogP contribution < -0.4 is 0 Å². The molecule has 3 rings (SSSR count). The standard InChI is InChI=1S/C15H18N2/c1-2-17-9-6-12-4-3-5-14(13(12)10-17)15(11-16)7-8-15/h3-5H,2,6-10H2,1H3. The molecular formula is C15H18N2. The van der Waals surface area contributed by atoms with Crippen molar-refractivity contribution in [3.05, 3.63) is 34.9 Å². The fraction of sp³-hybridized carbons (Fsp3) is 0.533. The summed E-state index contributed by atoms with van der Waals surface area (Å²) in [5.41, 5.74) is 4.09. The highest BCUT2D eigenvalue weighted by molar-refractivity contribution is 5.48. The van der Waals surface area contributed by atoms with Crippen molar-refractivity contribution in [3.8, 4) is 6.07 Å². The normalized spacial score (nSPS) is 21.6. The predicted molar refractivity (Wildman–Crippen MR) is 67.6 cm³/mol. The lowest BCUT2D eigenvalue weighted by molar-refractivity contribution is 0.266. The monoisotopic (exact) mass is 226 g/mol. The lowest BCUT2D eigenvalue weighted by Gasteiger charge is -2.30. The highest BCUT2D eigenvalue weighted by atomic mass is 15.1. The van der Waals surface area contributed by atoms with Crippen molar-refractivity contribution in [2.24, 2.45) is 0 Å². The number of nitrogens with zero attached hydrogens (tertiary/aromatic N) is 2. The van der Waals surface area contributed by atoms with Gasteiger partial charge in [0, 0.05) is 13.1 Å². The number of hydrogen-bond acceptors (Lipinski definition) is 2. The Bertz CT molecular complexity index is 480. The number of nitriles is 1. The molecule has 0 saturated heterocycles. The third-order valence-corrected chi connectivity index (χ3v) is 4.28. The summed E-state index contributed by atoms with van der Waals surface area (Å²) in [5.74, 6) is 0. The molecule has 2 heteroatoms. The van der Waals surface area contributed by atoms with E-state index in [1.54, 1.807) is 0 Å². The molecule has 0 atom stereocenters. The van der Waals surface area contributed by atoms with Crippen LogP contribution in [-0.4, -0.2) is 18.0 Å². The molecule has 0 unspecified atom stereocenters. The van der Waals surface area contributed by atoms with Gasteiger partial charge in [-0.1, -0.05) is 25.1 Å². The quantitative estimate of drug-likeness (QED) is 0.775. The van der Waals surface area contributed by atoms with Crippen LogP contribution in [0.25, 0.3) is 0 Å². The first-order valence-corrected chi connectivity index (χ1v) is 6.54. The van der Waals surface area contributed by atoms with Crippen LogP contribution >= 0.6 is 0 Å². The number of hydrogen-bond donors (Lipinski definition) is 0. The molecule has 1 aliphatic carbocycles. The van der Waals surface area contributed by atoms with Gasteiger partial charge in [0.1, 0.15) is 0 Å². The van der Waals surface area contributed by atoms with Gasteiger partial charge in [0.25, 0.3) is 0 Å². The van der Waals surface area contributed by atoms with Crippen molar-refractivity contribution in [2.75, 3.05) is 13.1 Å². The summed E-state index contributed by atoms with van der Waals surface area (Å²) in [7, 11) is 0. The summed E-state index contributed by atoms with van der Waals surface area (Å²) < 4.78 is 0. The van der Waals surface area contributed by atoms with Gasteiger partial charge in [0.2, 0.25) is 0 Å². The molecule has 1 aliphatic heterocycles. The van der Waals surface area contributed by atoms with Gasteiger partial charge in [-0.25, -0.2) is 0 Å². The van der Waals surface area contributed by atoms with Crippen molar-refractivity contribution in [2.45, 2.75) is 38.1 Å². The maximum absolute atomic E-state index is 9.37. The molecule has 1 heterocycles. The van der Waals surface area contributed by atoms with Crippen LogP contribution in [0, 0.1) is 11.3 Å². The Morgan fingerprint density at radius 2 is 2.24 bits per heavy atom. The van der Waals surface area contributed by atoms with E-state index in [0.717, 1.165) is 38.9 Å². The fourth-order valence-electron chi connectivity index (χ4n) is 2.92. The third-order valence-electron chi connectivity index (χ3n) is 4.28. The van der Waals surface area contributed by atoms with Gasteiger partial charge in [0.05, 0.1) is 11.5 Å². The van der Waals surface area contributed by atoms with Crippen LogP contribution in [0.4, 0.5) is 0 Å². The van der Waals surface area contributed by atoms with Crippen molar-refractivity contribution in [1.82, 2.24) is 4.90 Å². The van der Waals surface area contributed by atoms with Gasteiger partial charge in [-0.15, -0.1) is 0 Å². The van der Waals surface area contributed by atoms with Crippen LogP contribution in [0.15, 0.2) is 18.2 Å². The minimum Gasteiger partial charge on any atom is -0.299 e. The average Bonchev–Trinajstić information content (AvgIpc) is 3.18. The van der Waals surface area contributed by atoms with Crippen LogP contribution in [0.1, 0.15) is 36.5 Å². The molecule has 2 aliphatic rings. The highest BCUT2D eigenvalue weighted by Crippen LogP contribution is 2.49. The van der Waals surface area contributed by atoms with E-state index in [1.807, 2.05) is 0 Å². The Labute approximate surface area is 103 Å². The Kier molecular flexibility index (Phi) is 2.45. The number of likely N-dealkylation sites (N-methyl/N-ethyl adjacent to an activating group) is 1. The van der Waals surface area contributed by atoms with E-state index in [4.69, 9.17) is 0 Å². The summed E-state index contributed by atoms with van der Waals surface area (Å²) >= 11 is 0. The van der Waals surface area contributed by atoms with Crippen LogP contribution in [0.3, 0.4) is 0 Å². The molecule has 1 saturated carbocycles. The molecule has 0 amide bonds. The zero-order valence-corrected chi connectivity index (χ0v) is 10.4. The molecule has 2 nitrogen and oxygen atoms in total. The number of fused-ring (bicyclic) bond motifs is 1. The SMILES string of the molecule is CCN1CCc2cccc(C3(C#N)CC3)c2C1. The molecule has 0 radical (unpaired) electrons. The van der Waals surface area contributed by atoms with Crippen LogP contribution in [0.2, 0.25) is 0 Å². The summed E-state index contributed by atoms with van der Waals surface area (Å²) in [4.78, 5) is 2.47. The first-order chi connectivity index (χ1) is 8.29. The molecular weight excluding hydrogens is 208 g/mol. The van der Waals surface area contributed by atoms with Gasteiger partial charge < -0.3 is 0 Å². The second-order valence-corrected chi connectivity index (χ2v) is 5.26. The molecule has 1 aromatic carbocycles. The first kappa shape index (κ1) is 10.8. The van der Waals surface area contributed by atoms with E-state index in [0.29, 0.717) is 0 Å². The van der Waals surface area contributed by atoms with Gasteiger partial charge >= 0.3 is 0 Å². The molecule has 17 heavy (non-hydrogen) atoms. The van der Waals surface area contributed by atoms with Gasteiger partial charge in [-0.3, -0.25) is 4.90 Å². The molecule has 1 aromatic rings. The smallest absolute Gasteiger partial charge is 0.0827 e. The first-order valence-electron chi connectivity index (χ1n) is 6.54. The van der Waals surface area contributed by atoms with Crippen molar-refractivity contribution >= 4 is 0 Å². The van der Waals surface area contributed by atoms with E-state index in [9.17, 15) is 5.26 Å². The van der Waals surface area contributed by atoms with Crippen molar-refractivity contribution in [3.63, 3.8) is 0 Å². The molecule has 88 valence electrons. The summed E-state index contributed by atoms with van der Waals surface area (Å²) in [6.07, 6.45) is 3.23. The average molecular weight is 226 g/mol. The minimum atomic E-state index is -0.137. The highest BCUT2D eigenvalue weighted by Gasteiger charge is 2.46. The van der Waals surface area contributed by atoms with E-state index in [1.165, 1.54) is 16.7 Å². The summed E-state index contributed by atoms with van der Waals surface area (Å²) in [6, 6.07) is 9.08. The fourth-order valence-corrected chi connectivity index (χ4v) is 2.92. The second kappa shape index (κ2) is 3.85. The Hall–Kier alpha value is -1.33. The molecule has 0 bridgehead atoms. The van der Waals surface area contributed by atoms with Crippen molar-refractivity contribution in [1.29, 1.82) is 5.26 Å². The van der Waals surface area contributed by atoms with Gasteiger partial charge in [-0.2, -0.15) is 5.26 Å². The lowest BCUT2D eigenvalue weighted by atomic mass is 9.87. The van der Waals surface area contributed by atoms with Crippen LogP contribution in [0.5, 0.6) is 0 Å². The molecule has 0 spiro atoms. The second-order valence-electron chi connectivity index (χ2n) is 5.26. The van der Waals surface area contributed by atoms with E-state index >= 15 is 0 Å². The Morgan fingerprint density at radius 3 is 2.88 bits per heavy atom. The zero-order chi connectivity index (χ0) is 11.9. The Balaban J connectivity index is 2.04. The molecule has 0 aromatic heterocycles. The van der Waals surface area contributed by atoms with Gasteiger partial charge in [-0.05, 0) is 42.5 Å². The third kappa shape index (κ3) is 1.66. The number of benzene rings is 1. The summed E-state index contributed by atoms with van der Waals surface area (Å²) in [5, 5.41) is 9.37. The van der Waals surface area contributed by atoms with Gasteiger partial charge in [0.15, 0.2) is 0 Å². The lowest BCUT2D eigenvalue weighted by Crippen LogP contribution is -2.31. The Morgan fingerprint density at radius 1 is 1.41 bits per heavy atom. The molecule has 1 fully saturated rings. The maximum Gasteiger partial charge on any atom is 0.0827 e. The van der Waals surface area contributed by atoms with Crippen LogP contribution in [-0.2, 0) is 18.4 Å². The maximum atomic E-state index is 9.37. The zero-order valence-electron chi connectivity index (χ0n) is 10.4. The summed E-state index contributed by atoms with van der Waals surface area (Å²) in [6.45, 7) is 5.51. The van der Waals surface area contributed by atoms with E-state index < -0.39 is 0 Å². The van der Waals surface area contributed by atoms with E-state index in [2.05, 4.69) is 36.1 Å². The van der Waals surface area contributed by atoms with E-state index in [-0.39, 0.29) is 5.41 Å². The van der Waals surface area contributed by atoms with Crippen molar-refractivity contribution < 1.29 is 0 Å². The largest absolute Gasteiger partial charge is 0.299 e. The number of rotatable bonds is 2. The molecule has 0 N–H and O–H groups in total. The predicted octanol–water partition coefficient (Wildman–Crippen LogP) is 2.62. The minimum absolute atomic E-state index is 0.137.